The van der Waals surface area contributed by atoms with Gasteiger partial charge in [-0.05, 0) is 55.1 Å². The summed E-state index contributed by atoms with van der Waals surface area (Å²) in [7, 11) is 0. The highest BCUT2D eigenvalue weighted by atomic mass is 32.1. The first kappa shape index (κ1) is 19.7. The summed E-state index contributed by atoms with van der Waals surface area (Å²) >= 11 is 1.73. The van der Waals surface area contributed by atoms with Crippen LogP contribution in [0.1, 0.15) is 29.8 Å². The number of thiophene rings is 1. The summed E-state index contributed by atoms with van der Waals surface area (Å²) < 4.78 is 11.6. The highest BCUT2D eigenvalue weighted by Gasteiger charge is 2.12. The van der Waals surface area contributed by atoms with Crippen molar-refractivity contribution in [1.82, 2.24) is 4.98 Å². The molecule has 2 N–H and O–H groups in total. The third kappa shape index (κ3) is 4.80. The van der Waals surface area contributed by atoms with Gasteiger partial charge in [-0.15, -0.1) is 11.3 Å². The van der Waals surface area contributed by atoms with E-state index in [2.05, 4.69) is 34.3 Å². The van der Waals surface area contributed by atoms with E-state index in [1.54, 1.807) is 23.5 Å². The van der Waals surface area contributed by atoms with Gasteiger partial charge in [0, 0.05) is 25.4 Å². The van der Waals surface area contributed by atoms with E-state index in [4.69, 9.17) is 15.2 Å². The molecule has 0 aliphatic rings. The van der Waals surface area contributed by atoms with Gasteiger partial charge in [-0.25, -0.2) is 4.98 Å². The van der Waals surface area contributed by atoms with E-state index in [0.29, 0.717) is 29.5 Å². The third-order valence-electron chi connectivity index (χ3n) is 4.12. The van der Waals surface area contributed by atoms with Crippen LogP contribution in [0.25, 0.3) is 0 Å². The van der Waals surface area contributed by atoms with Gasteiger partial charge in [0.15, 0.2) is 11.5 Å². The number of nitrogens with two attached hydrogens (primary N) is 1. The lowest BCUT2D eigenvalue weighted by Gasteiger charge is -2.22. The van der Waals surface area contributed by atoms with Crippen molar-refractivity contribution in [3.05, 3.63) is 65.2 Å². The molecule has 6 nitrogen and oxygen atoms in total. The Morgan fingerprint density at radius 2 is 2.04 bits per heavy atom. The molecule has 0 spiro atoms. The molecular weight excluding hydrogens is 374 g/mol. The summed E-state index contributed by atoms with van der Waals surface area (Å²) in [5.74, 6) is 1.07. The van der Waals surface area contributed by atoms with Gasteiger partial charge in [0.2, 0.25) is 11.8 Å². The van der Waals surface area contributed by atoms with Crippen LogP contribution in [0.3, 0.4) is 0 Å². The Bertz CT molecular complexity index is 911. The first-order valence-corrected chi connectivity index (χ1v) is 9.96. The highest BCUT2D eigenvalue weighted by Crippen LogP contribution is 2.33. The Hall–Kier alpha value is -3.06. The fourth-order valence-corrected chi connectivity index (χ4v) is 3.51. The average Bonchev–Trinajstić information content (AvgIpc) is 3.23. The summed E-state index contributed by atoms with van der Waals surface area (Å²) in [5, 5.41) is 3.32. The maximum absolute atomic E-state index is 11.2. The van der Waals surface area contributed by atoms with E-state index < -0.39 is 5.91 Å². The predicted molar refractivity (Wildman–Crippen MR) is 111 cm³/mol. The maximum atomic E-state index is 11.2. The molecule has 1 aromatic carbocycles. The predicted octanol–water partition coefficient (Wildman–Crippen LogP) is 4.46. The fourth-order valence-electron chi connectivity index (χ4n) is 2.72. The zero-order valence-corrected chi connectivity index (χ0v) is 16.7. The van der Waals surface area contributed by atoms with Crippen LogP contribution < -0.4 is 20.1 Å². The summed E-state index contributed by atoms with van der Waals surface area (Å²) in [6.07, 6.45) is 1.40. The summed E-state index contributed by atoms with van der Waals surface area (Å²) in [5.41, 5.74) is 6.70. The largest absolute Gasteiger partial charge is 0.490 e. The summed E-state index contributed by atoms with van der Waals surface area (Å²) in [6, 6.07) is 13.3. The molecule has 0 aliphatic carbocycles. The van der Waals surface area contributed by atoms with Gasteiger partial charge in [0.1, 0.15) is 0 Å². The number of aromatic nitrogens is 1. The molecule has 0 fully saturated rings. The molecule has 0 unspecified atom stereocenters. The standard InChI is InChI=1S/C21H23N3O3S/c1-3-24(20-6-5-11-28-20)14-15-7-9-17(18(12-15)26-4-2)27-19-10-8-16(13-23-19)21(22)25/h5-13H,3-4,14H2,1-2H3,(H2,22,25). The number of primary amides is 1. The van der Waals surface area contributed by atoms with Gasteiger partial charge in [-0.2, -0.15) is 0 Å². The fraction of sp³-hybridized carbons (Fsp3) is 0.238. The van der Waals surface area contributed by atoms with E-state index in [1.807, 2.05) is 25.1 Å². The Morgan fingerprint density at radius 1 is 1.18 bits per heavy atom. The van der Waals surface area contributed by atoms with Gasteiger partial charge >= 0.3 is 0 Å². The van der Waals surface area contributed by atoms with Crippen molar-refractivity contribution in [3.8, 4) is 17.4 Å². The molecular formula is C21H23N3O3S. The lowest BCUT2D eigenvalue weighted by atomic mass is 10.2. The highest BCUT2D eigenvalue weighted by molar-refractivity contribution is 7.14. The molecule has 7 heteroatoms. The van der Waals surface area contributed by atoms with E-state index in [9.17, 15) is 4.79 Å². The topological polar surface area (TPSA) is 77.7 Å². The van der Waals surface area contributed by atoms with Crippen LogP contribution in [0.15, 0.2) is 54.0 Å². The molecule has 0 bridgehead atoms. The van der Waals surface area contributed by atoms with Crippen molar-refractivity contribution in [2.75, 3.05) is 18.1 Å². The lowest BCUT2D eigenvalue weighted by molar-refractivity contribution is 0.1000. The van der Waals surface area contributed by atoms with Crippen LogP contribution in [0.4, 0.5) is 5.00 Å². The average molecular weight is 398 g/mol. The summed E-state index contributed by atoms with van der Waals surface area (Å²) in [4.78, 5) is 17.6. The maximum Gasteiger partial charge on any atom is 0.250 e. The molecule has 3 aromatic rings. The van der Waals surface area contributed by atoms with Gasteiger partial charge in [0.05, 0.1) is 17.2 Å². The van der Waals surface area contributed by atoms with E-state index in [1.165, 1.54) is 11.2 Å². The van der Waals surface area contributed by atoms with Crippen molar-refractivity contribution in [2.24, 2.45) is 5.73 Å². The zero-order valence-electron chi connectivity index (χ0n) is 15.9. The Morgan fingerprint density at radius 3 is 2.64 bits per heavy atom. The first-order valence-electron chi connectivity index (χ1n) is 9.08. The molecule has 1 amide bonds. The van der Waals surface area contributed by atoms with Crippen LogP contribution >= 0.6 is 11.3 Å². The number of amides is 1. The Labute approximate surface area is 168 Å². The number of rotatable bonds is 9. The van der Waals surface area contributed by atoms with Crippen molar-refractivity contribution >= 4 is 22.2 Å². The second kappa shape index (κ2) is 9.23. The second-order valence-corrected chi connectivity index (χ2v) is 6.96. The van der Waals surface area contributed by atoms with Crippen molar-refractivity contribution < 1.29 is 14.3 Å². The monoisotopic (exact) mass is 397 g/mol. The molecule has 2 aromatic heterocycles. The minimum absolute atomic E-state index is 0.334. The molecule has 0 saturated heterocycles. The molecule has 0 aliphatic heterocycles. The van der Waals surface area contributed by atoms with E-state index in [-0.39, 0.29) is 0 Å². The summed E-state index contributed by atoms with van der Waals surface area (Å²) in [6.45, 7) is 6.29. The number of carbonyl (C=O) groups is 1. The Balaban J connectivity index is 1.79. The molecule has 2 heterocycles. The number of pyridine rings is 1. The number of anilines is 1. The number of nitrogens with zero attached hydrogens (tertiary/aromatic N) is 2. The molecule has 28 heavy (non-hydrogen) atoms. The van der Waals surface area contributed by atoms with Gasteiger partial charge in [-0.1, -0.05) is 6.07 Å². The van der Waals surface area contributed by atoms with Crippen LogP contribution in [-0.4, -0.2) is 24.0 Å². The van der Waals surface area contributed by atoms with Gasteiger partial charge in [-0.3, -0.25) is 4.79 Å². The molecule has 3 rings (SSSR count). The normalized spacial score (nSPS) is 10.5. The zero-order chi connectivity index (χ0) is 19.9. The van der Waals surface area contributed by atoms with Crippen LogP contribution in [0.5, 0.6) is 17.4 Å². The van der Waals surface area contributed by atoms with Crippen molar-refractivity contribution in [2.45, 2.75) is 20.4 Å². The minimum Gasteiger partial charge on any atom is -0.490 e. The van der Waals surface area contributed by atoms with Crippen LogP contribution in [0, 0.1) is 0 Å². The number of carbonyl (C=O) groups excluding carboxylic acids is 1. The number of ether oxygens (including phenoxy) is 2. The molecule has 0 radical (unpaired) electrons. The lowest BCUT2D eigenvalue weighted by Crippen LogP contribution is -2.20. The van der Waals surface area contributed by atoms with Crippen molar-refractivity contribution in [1.29, 1.82) is 0 Å². The quantitative estimate of drug-likeness (QED) is 0.577. The minimum atomic E-state index is -0.523. The first-order chi connectivity index (χ1) is 13.6. The van der Waals surface area contributed by atoms with Crippen LogP contribution in [-0.2, 0) is 6.54 Å². The number of hydrogen-bond donors (Lipinski definition) is 1. The Kier molecular flexibility index (Phi) is 6.49. The molecule has 0 saturated carbocycles. The van der Waals surface area contributed by atoms with Gasteiger partial charge in [0.25, 0.3) is 0 Å². The van der Waals surface area contributed by atoms with Gasteiger partial charge < -0.3 is 20.1 Å². The third-order valence-corrected chi connectivity index (χ3v) is 5.05. The number of benzene rings is 1. The smallest absolute Gasteiger partial charge is 0.250 e. The van der Waals surface area contributed by atoms with Crippen LogP contribution in [0.2, 0.25) is 0 Å². The molecule has 0 atom stereocenters. The molecule has 146 valence electrons. The second-order valence-electron chi connectivity index (χ2n) is 6.03. The van der Waals surface area contributed by atoms with Crippen molar-refractivity contribution in [3.63, 3.8) is 0 Å². The number of hydrogen-bond acceptors (Lipinski definition) is 6. The van der Waals surface area contributed by atoms with E-state index in [0.717, 1.165) is 18.7 Å². The van der Waals surface area contributed by atoms with E-state index >= 15 is 0 Å². The SMILES string of the molecule is CCOc1cc(CN(CC)c2cccs2)ccc1Oc1ccc(C(N)=O)cn1.